The van der Waals surface area contributed by atoms with Crippen LogP contribution in [0.1, 0.15) is 16.8 Å². The molecule has 92 valence electrons. The number of carbonyl (C=O) groups is 1. The van der Waals surface area contributed by atoms with E-state index in [1.165, 1.54) is 0 Å². The van der Waals surface area contributed by atoms with Crippen LogP contribution in [0.15, 0.2) is 12.1 Å². The number of carbonyl (C=O) groups excluding carboxylic acids is 1. The molecule has 2 rings (SSSR count). The third-order valence-electron chi connectivity index (χ3n) is 2.36. The van der Waals surface area contributed by atoms with Crippen molar-refractivity contribution in [3.8, 4) is 11.5 Å². The fourth-order valence-electron chi connectivity index (χ4n) is 1.50. The number of hydrogen-bond acceptors (Lipinski definition) is 4. The van der Waals surface area contributed by atoms with Gasteiger partial charge in [-0.3, -0.25) is 4.79 Å². The maximum Gasteiger partial charge on any atom is 0.251 e. The Morgan fingerprint density at radius 3 is 3.06 bits per heavy atom. The number of rotatable bonds is 4. The molecule has 1 aromatic carbocycles. The number of nitrogens with one attached hydrogen (secondary N) is 1. The molecular formula is C11H13ClN2O3. The van der Waals surface area contributed by atoms with Crippen LogP contribution in [-0.2, 0) is 0 Å². The summed E-state index contributed by atoms with van der Waals surface area (Å²) in [7, 11) is 0. The molecule has 0 saturated heterocycles. The Balaban J connectivity index is 2.11. The minimum absolute atomic E-state index is 0.132. The molecule has 3 N–H and O–H groups in total. The molecule has 1 amide bonds. The van der Waals surface area contributed by atoms with E-state index in [4.69, 9.17) is 26.8 Å². The number of nitrogens with two attached hydrogens (primary N) is 1. The molecule has 0 aromatic heterocycles. The second kappa shape index (κ2) is 5.25. The van der Waals surface area contributed by atoms with E-state index in [0.717, 1.165) is 6.42 Å². The van der Waals surface area contributed by atoms with Crippen molar-refractivity contribution in [2.75, 3.05) is 19.9 Å². The van der Waals surface area contributed by atoms with E-state index < -0.39 is 0 Å². The first-order valence-corrected chi connectivity index (χ1v) is 5.67. The van der Waals surface area contributed by atoms with Crippen LogP contribution in [0.3, 0.4) is 0 Å². The van der Waals surface area contributed by atoms with Gasteiger partial charge in [0.1, 0.15) is 0 Å². The Kier molecular flexibility index (Phi) is 3.71. The van der Waals surface area contributed by atoms with Crippen molar-refractivity contribution in [1.82, 2.24) is 5.32 Å². The summed E-state index contributed by atoms with van der Waals surface area (Å²) in [6.45, 7) is 1.22. The van der Waals surface area contributed by atoms with Gasteiger partial charge in [0.2, 0.25) is 6.79 Å². The second-order valence-electron chi connectivity index (χ2n) is 3.59. The lowest BCUT2D eigenvalue weighted by molar-refractivity contribution is 0.0953. The van der Waals surface area contributed by atoms with Gasteiger partial charge in [0.15, 0.2) is 11.5 Å². The van der Waals surface area contributed by atoms with Crippen molar-refractivity contribution in [3.63, 3.8) is 0 Å². The van der Waals surface area contributed by atoms with E-state index in [-0.39, 0.29) is 12.7 Å². The van der Waals surface area contributed by atoms with Gasteiger partial charge in [0.25, 0.3) is 5.91 Å². The van der Waals surface area contributed by atoms with Gasteiger partial charge in [-0.05, 0) is 25.1 Å². The lowest BCUT2D eigenvalue weighted by Gasteiger charge is -2.06. The fourth-order valence-corrected chi connectivity index (χ4v) is 1.77. The van der Waals surface area contributed by atoms with Crippen molar-refractivity contribution in [3.05, 3.63) is 22.7 Å². The standard InChI is InChI=1S/C11H13ClN2O3/c12-8-4-7(11(15)14-3-1-2-13)5-9-10(8)17-6-16-9/h4-5H,1-3,6,13H2,(H,14,15). The van der Waals surface area contributed by atoms with Gasteiger partial charge in [-0.25, -0.2) is 0 Å². The molecule has 0 unspecified atom stereocenters. The van der Waals surface area contributed by atoms with E-state index in [1.807, 2.05) is 0 Å². The number of ether oxygens (including phenoxy) is 2. The first kappa shape index (κ1) is 12.0. The lowest BCUT2D eigenvalue weighted by atomic mass is 10.2. The van der Waals surface area contributed by atoms with E-state index in [1.54, 1.807) is 12.1 Å². The number of benzene rings is 1. The molecule has 1 aromatic rings. The SMILES string of the molecule is NCCCNC(=O)c1cc(Cl)c2c(c1)OCO2. The maximum absolute atomic E-state index is 11.8. The van der Waals surface area contributed by atoms with Crippen LogP contribution in [-0.4, -0.2) is 25.8 Å². The Labute approximate surface area is 104 Å². The van der Waals surface area contributed by atoms with Crippen LogP contribution >= 0.6 is 11.6 Å². The minimum atomic E-state index is -0.196. The molecule has 0 aliphatic carbocycles. The third kappa shape index (κ3) is 2.62. The normalized spacial score (nSPS) is 12.6. The van der Waals surface area contributed by atoms with Crippen LogP contribution in [0.5, 0.6) is 11.5 Å². The van der Waals surface area contributed by atoms with Crippen LogP contribution < -0.4 is 20.5 Å². The first-order chi connectivity index (χ1) is 8.22. The molecule has 1 aliphatic heterocycles. The van der Waals surface area contributed by atoms with Crippen molar-refractivity contribution in [2.45, 2.75) is 6.42 Å². The topological polar surface area (TPSA) is 73.6 Å². The van der Waals surface area contributed by atoms with Crippen molar-refractivity contribution in [2.24, 2.45) is 5.73 Å². The third-order valence-corrected chi connectivity index (χ3v) is 2.64. The quantitative estimate of drug-likeness (QED) is 0.793. The van der Waals surface area contributed by atoms with Gasteiger partial charge in [-0.15, -0.1) is 0 Å². The predicted molar refractivity (Wildman–Crippen MR) is 63.6 cm³/mol. The summed E-state index contributed by atoms with van der Waals surface area (Å²) < 4.78 is 10.3. The van der Waals surface area contributed by atoms with Crippen molar-refractivity contribution in [1.29, 1.82) is 0 Å². The summed E-state index contributed by atoms with van der Waals surface area (Å²) in [6, 6.07) is 3.18. The molecular weight excluding hydrogens is 244 g/mol. The maximum atomic E-state index is 11.8. The molecule has 0 spiro atoms. The molecule has 6 heteroatoms. The molecule has 1 heterocycles. The van der Waals surface area contributed by atoms with Gasteiger partial charge in [0, 0.05) is 12.1 Å². The molecule has 0 fully saturated rings. The summed E-state index contributed by atoms with van der Waals surface area (Å²) in [6.07, 6.45) is 0.740. The first-order valence-electron chi connectivity index (χ1n) is 5.30. The average molecular weight is 257 g/mol. The van der Waals surface area contributed by atoms with Gasteiger partial charge < -0.3 is 20.5 Å². The highest BCUT2D eigenvalue weighted by Crippen LogP contribution is 2.39. The van der Waals surface area contributed by atoms with Crippen LogP contribution in [0.2, 0.25) is 5.02 Å². The minimum Gasteiger partial charge on any atom is -0.454 e. The lowest BCUT2D eigenvalue weighted by Crippen LogP contribution is -2.25. The summed E-state index contributed by atoms with van der Waals surface area (Å²) >= 11 is 5.98. The van der Waals surface area contributed by atoms with Crippen LogP contribution in [0, 0.1) is 0 Å². The number of hydrogen-bond donors (Lipinski definition) is 2. The highest BCUT2D eigenvalue weighted by atomic mass is 35.5. The Morgan fingerprint density at radius 2 is 2.29 bits per heavy atom. The van der Waals surface area contributed by atoms with Gasteiger partial charge in [-0.1, -0.05) is 11.6 Å². The summed E-state index contributed by atoms with van der Waals surface area (Å²) in [5, 5.41) is 3.12. The van der Waals surface area contributed by atoms with Gasteiger partial charge >= 0.3 is 0 Å². The zero-order valence-electron chi connectivity index (χ0n) is 9.16. The van der Waals surface area contributed by atoms with Gasteiger partial charge in [0.05, 0.1) is 5.02 Å². The highest BCUT2D eigenvalue weighted by Gasteiger charge is 2.20. The molecule has 0 saturated carbocycles. The number of halogens is 1. The Bertz CT molecular complexity index is 437. The zero-order valence-corrected chi connectivity index (χ0v) is 9.92. The number of fused-ring (bicyclic) bond motifs is 1. The Morgan fingerprint density at radius 1 is 1.47 bits per heavy atom. The highest BCUT2D eigenvalue weighted by molar-refractivity contribution is 6.32. The zero-order chi connectivity index (χ0) is 12.3. The predicted octanol–water partition coefficient (Wildman–Crippen LogP) is 1.15. The molecule has 5 nitrogen and oxygen atoms in total. The molecule has 0 atom stereocenters. The summed E-state index contributed by atoms with van der Waals surface area (Å²) in [5.74, 6) is 0.797. The molecule has 0 radical (unpaired) electrons. The smallest absolute Gasteiger partial charge is 0.251 e. The van der Waals surface area contributed by atoms with Crippen LogP contribution in [0.4, 0.5) is 0 Å². The molecule has 17 heavy (non-hydrogen) atoms. The van der Waals surface area contributed by atoms with Crippen molar-refractivity contribution >= 4 is 17.5 Å². The van der Waals surface area contributed by atoms with E-state index in [9.17, 15) is 4.79 Å². The fraction of sp³-hybridized carbons (Fsp3) is 0.364. The van der Waals surface area contributed by atoms with Gasteiger partial charge in [-0.2, -0.15) is 0 Å². The van der Waals surface area contributed by atoms with Crippen LogP contribution in [0.25, 0.3) is 0 Å². The van der Waals surface area contributed by atoms with E-state index >= 15 is 0 Å². The van der Waals surface area contributed by atoms with E-state index in [0.29, 0.717) is 35.2 Å². The molecule has 1 aliphatic rings. The summed E-state index contributed by atoms with van der Waals surface area (Å²) in [4.78, 5) is 11.8. The van der Waals surface area contributed by atoms with Crippen molar-refractivity contribution < 1.29 is 14.3 Å². The second-order valence-corrected chi connectivity index (χ2v) is 4.00. The van der Waals surface area contributed by atoms with E-state index in [2.05, 4.69) is 5.32 Å². The summed E-state index contributed by atoms with van der Waals surface area (Å²) in [5.41, 5.74) is 5.80. The largest absolute Gasteiger partial charge is 0.454 e. The Hall–Kier alpha value is -1.46. The average Bonchev–Trinajstić information content (AvgIpc) is 2.77. The number of amides is 1. The monoisotopic (exact) mass is 256 g/mol. The molecule has 0 bridgehead atoms.